The third kappa shape index (κ3) is 11.3. The number of aliphatic carboxylic acids is 1. The summed E-state index contributed by atoms with van der Waals surface area (Å²) in [6, 6.07) is 3.91. The smallest absolute Gasteiger partial charge is 0.303 e. The standard InChI is InChI=1S/C26H44O3/c1-4-5-6-7-8-9-10-11-12-13-14-15-16-17-23(20-25(27)28)24-18-21(2)26(29)22(3)19-24/h18-19,23,29H,4-17,20H2,1-3H3,(H,27,28). The molecule has 0 aromatic heterocycles. The van der Waals surface area contributed by atoms with Crippen molar-refractivity contribution in [1.82, 2.24) is 0 Å². The second-order valence-corrected chi connectivity index (χ2v) is 8.83. The molecular weight excluding hydrogens is 360 g/mol. The molecule has 0 amide bonds. The van der Waals surface area contributed by atoms with E-state index in [2.05, 4.69) is 6.92 Å². The molecule has 0 fully saturated rings. The molecule has 166 valence electrons. The van der Waals surface area contributed by atoms with Crippen molar-refractivity contribution in [2.45, 2.75) is 123 Å². The Morgan fingerprint density at radius 3 is 1.62 bits per heavy atom. The third-order valence-corrected chi connectivity index (χ3v) is 6.06. The average molecular weight is 405 g/mol. The topological polar surface area (TPSA) is 57.5 Å². The van der Waals surface area contributed by atoms with Crippen LogP contribution in [0.2, 0.25) is 0 Å². The number of carboxylic acid groups (broad SMARTS) is 1. The van der Waals surface area contributed by atoms with Crippen LogP contribution in [0.25, 0.3) is 0 Å². The van der Waals surface area contributed by atoms with Crippen molar-refractivity contribution in [3.63, 3.8) is 0 Å². The van der Waals surface area contributed by atoms with Crippen molar-refractivity contribution in [3.05, 3.63) is 28.8 Å². The lowest BCUT2D eigenvalue weighted by atomic mass is 9.88. The third-order valence-electron chi connectivity index (χ3n) is 6.06. The number of phenols is 1. The molecule has 0 radical (unpaired) electrons. The maximum atomic E-state index is 11.3. The van der Waals surface area contributed by atoms with Gasteiger partial charge >= 0.3 is 5.97 Å². The molecule has 0 heterocycles. The van der Waals surface area contributed by atoms with Crippen LogP contribution in [0.1, 0.15) is 126 Å². The lowest BCUT2D eigenvalue weighted by molar-refractivity contribution is -0.137. The first-order valence-electron chi connectivity index (χ1n) is 12.0. The van der Waals surface area contributed by atoms with Crippen molar-refractivity contribution in [1.29, 1.82) is 0 Å². The molecule has 0 aliphatic heterocycles. The van der Waals surface area contributed by atoms with E-state index >= 15 is 0 Å². The van der Waals surface area contributed by atoms with E-state index in [1.165, 1.54) is 77.0 Å². The summed E-state index contributed by atoms with van der Waals surface area (Å²) in [6.45, 7) is 6.03. The van der Waals surface area contributed by atoms with Crippen LogP contribution in [-0.2, 0) is 4.79 Å². The first-order chi connectivity index (χ1) is 14.0. The van der Waals surface area contributed by atoms with E-state index in [9.17, 15) is 15.0 Å². The molecule has 1 unspecified atom stereocenters. The van der Waals surface area contributed by atoms with Gasteiger partial charge in [0.15, 0.2) is 0 Å². The predicted octanol–water partition coefficient (Wildman–Crippen LogP) is 8.05. The summed E-state index contributed by atoms with van der Waals surface area (Å²) in [4.78, 5) is 11.3. The first kappa shape index (κ1) is 25.5. The van der Waals surface area contributed by atoms with Crippen LogP contribution in [0.4, 0.5) is 0 Å². The quantitative estimate of drug-likeness (QED) is 0.258. The van der Waals surface area contributed by atoms with E-state index in [-0.39, 0.29) is 12.3 Å². The van der Waals surface area contributed by atoms with Gasteiger partial charge in [0.05, 0.1) is 6.42 Å². The predicted molar refractivity (Wildman–Crippen MR) is 123 cm³/mol. The Morgan fingerprint density at radius 2 is 1.21 bits per heavy atom. The van der Waals surface area contributed by atoms with Crippen LogP contribution in [0, 0.1) is 13.8 Å². The lowest BCUT2D eigenvalue weighted by Crippen LogP contribution is -2.07. The SMILES string of the molecule is CCCCCCCCCCCCCCCC(CC(=O)O)c1cc(C)c(O)c(C)c1. The Kier molecular flexibility index (Phi) is 13.5. The van der Waals surface area contributed by atoms with E-state index in [0.29, 0.717) is 5.75 Å². The maximum Gasteiger partial charge on any atom is 0.303 e. The van der Waals surface area contributed by atoms with Gasteiger partial charge in [0.25, 0.3) is 0 Å². The number of hydrogen-bond acceptors (Lipinski definition) is 2. The summed E-state index contributed by atoms with van der Waals surface area (Å²) in [5.74, 6) is -0.380. The number of phenolic OH excluding ortho intramolecular Hbond substituents is 1. The molecule has 0 aliphatic carbocycles. The molecule has 0 bridgehead atoms. The van der Waals surface area contributed by atoms with E-state index in [0.717, 1.165) is 29.5 Å². The number of aryl methyl sites for hydroxylation is 2. The van der Waals surface area contributed by atoms with Gasteiger partial charge in [-0.3, -0.25) is 4.79 Å². The fraction of sp³-hybridized carbons (Fsp3) is 0.731. The normalized spacial score (nSPS) is 12.2. The van der Waals surface area contributed by atoms with Gasteiger partial charge in [-0.2, -0.15) is 0 Å². The summed E-state index contributed by atoms with van der Waals surface area (Å²) in [6.07, 6.45) is 18.3. The van der Waals surface area contributed by atoms with Gasteiger partial charge in [0, 0.05) is 0 Å². The number of carboxylic acids is 1. The highest BCUT2D eigenvalue weighted by molar-refractivity contribution is 5.68. The summed E-state index contributed by atoms with van der Waals surface area (Å²) in [5, 5.41) is 19.3. The zero-order valence-corrected chi connectivity index (χ0v) is 19.1. The second kappa shape index (κ2) is 15.3. The van der Waals surface area contributed by atoms with Crippen LogP contribution in [0.15, 0.2) is 12.1 Å². The highest BCUT2D eigenvalue weighted by Gasteiger charge is 2.17. The monoisotopic (exact) mass is 404 g/mol. The Hall–Kier alpha value is -1.51. The Balaban J connectivity index is 2.20. The molecule has 29 heavy (non-hydrogen) atoms. The lowest BCUT2D eigenvalue weighted by Gasteiger charge is -2.17. The van der Waals surface area contributed by atoms with Crippen LogP contribution in [0.3, 0.4) is 0 Å². The number of aromatic hydroxyl groups is 1. The molecule has 0 saturated carbocycles. The Morgan fingerprint density at radius 1 is 0.793 bits per heavy atom. The fourth-order valence-corrected chi connectivity index (χ4v) is 4.23. The molecular formula is C26H44O3. The number of unbranched alkanes of at least 4 members (excludes halogenated alkanes) is 12. The Bertz CT molecular complexity index is 556. The van der Waals surface area contributed by atoms with Gasteiger partial charge in [0.2, 0.25) is 0 Å². The van der Waals surface area contributed by atoms with Gasteiger partial charge in [-0.15, -0.1) is 0 Å². The average Bonchev–Trinajstić information content (AvgIpc) is 2.68. The molecule has 0 saturated heterocycles. The largest absolute Gasteiger partial charge is 0.507 e. The highest BCUT2D eigenvalue weighted by atomic mass is 16.4. The molecule has 1 aromatic carbocycles. The summed E-state index contributed by atoms with van der Waals surface area (Å²) < 4.78 is 0. The fourth-order valence-electron chi connectivity index (χ4n) is 4.23. The minimum atomic E-state index is -0.743. The molecule has 1 aromatic rings. The van der Waals surface area contributed by atoms with Gasteiger partial charge < -0.3 is 10.2 Å². The van der Waals surface area contributed by atoms with Crippen molar-refractivity contribution in [2.24, 2.45) is 0 Å². The van der Waals surface area contributed by atoms with E-state index in [1.807, 2.05) is 26.0 Å². The maximum absolute atomic E-state index is 11.3. The number of benzene rings is 1. The first-order valence-corrected chi connectivity index (χ1v) is 12.0. The van der Waals surface area contributed by atoms with Gasteiger partial charge in [-0.05, 0) is 42.9 Å². The Labute approximate surface area is 178 Å². The molecule has 2 N–H and O–H groups in total. The van der Waals surface area contributed by atoms with E-state index in [1.54, 1.807) is 0 Å². The molecule has 1 rings (SSSR count). The zero-order chi connectivity index (χ0) is 21.5. The van der Waals surface area contributed by atoms with Gasteiger partial charge in [-0.25, -0.2) is 0 Å². The van der Waals surface area contributed by atoms with Crippen molar-refractivity contribution in [2.75, 3.05) is 0 Å². The van der Waals surface area contributed by atoms with Crippen LogP contribution in [-0.4, -0.2) is 16.2 Å². The van der Waals surface area contributed by atoms with Crippen molar-refractivity contribution < 1.29 is 15.0 Å². The van der Waals surface area contributed by atoms with E-state index in [4.69, 9.17) is 0 Å². The molecule has 3 heteroatoms. The molecule has 0 spiro atoms. The zero-order valence-electron chi connectivity index (χ0n) is 19.1. The van der Waals surface area contributed by atoms with Crippen LogP contribution < -0.4 is 0 Å². The minimum absolute atomic E-state index is 0.0400. The minimum Gasteiger partial charge on any atom is -0.507 e. The highest BCUT2D eigenvalue weighted by Crippen LogP contribution is 2.32. The number of hydrogen-bond donors (Lipinski definition) is 2. The second-order valence-electron chi connectivity index (χ2n) is 8.83. The van der Waals surface area contributed by atoms with Crippen molar-refractivity contribution >= 4 is 5.97 Å². The molecule has 3 nitrogen and oxygen atoms in total. The summed E-state index contributed by atoms with van der Waals surface area (Å²) in [7, 11) is 0. The van der Waals surface area contributed by atoms with Crippen LogP contribution >= 0.6 is 0 Å². The summed E-state index contributed by atoms with van der Waals surface area (Å²) in [5.41, 5.74) is 2.72. The molecule has 1 atom stereocenters. The molecule has 0 aliphatic rings. The van der Waals surface area contributed by atoms with E-state index < -0.39 is 5.97 Å². The number of rotatable bonds is 17. The van der Waals surface area contributed by atoms with Gasteiger partial charge in [0.1, 0.15) is 5.75 Å². The van der Waals surface area contributed by atoms with Gasteiger partial charge in [-0.1, -0.05) is 103 Å². The number of carbonyl (C=O) groups is 1. The van der Waals surface area contributed by atoms with Crippen molar-refractivity contribution in [3.8, 4) is 5.75 Å². The summed E-state index contributed by atoms with van der Waals surface area (Å²) >= 11 is 0. The van der Waals surface area contributed by atoms with Crippen LogP contribution in [0.5, 0.6) is 5.75 Å².